The number of rotatable bonds is 4. The predicted molar refractivity (Wildman–Crippen MR) is 140 cm³/mol. The molecule has 0 fully saturated rings. The van der Waals surface area contributed by atoms with Crippen molar-refractivity contribution in [3.8, 4) is 16.9 Å². The van der Waals surface area contributed by atoms with Gasteiger partial charge in [0.1, 0.15) is 17.3 Å². The van der Waals surface area contributed by atoms with Crippen LogP contribution in [-0.2, 0) is 6.42 Å². The summed E-state index contributed by atoms with van der Waals surface area (Å²) < 4.78 is 18.5. The first kappa shape index (κ1) is 26.5. The molecule has 1 aliphatic rings. The van der Waals surface area contributed by atoms with Crippen LogP contribution in [0.1, 0.15) is 48.4 Å². The number of carbonyl (C=O) groups excluding carboxylic acids is 1. The van der Waals surface area contributed by atoms with E-state index in [1.54, 1.807) is 42.6 Å². The Hall–Kier alpha value is -4.14. The lowest BCUT2D eigenvalue weighted by Gasteiger charge is -2.20. The average Bonchev–Trinajstić information content (AvgIpc) is 2.92. The molecular formula is C27H31FN6O2. The van der Waals surface area contributed by atoms with Crippen LogP contribution in [0.3, 0.4) is 0 Å². The number of aryl methyl sites for hydroxylation is 1. The molecule has 0 saturated heterocycles. The van der Waals surface area contributed by atoms with Crippen molar-refractivity contribution in [3.63, 3.8) is 0 Å². The maximum absolute atomic E-state index is 13.2. The largest absolute Gasteiger partial charge is 0.493 e. The number of aromatic nitrogens is 2. The van der Waals surface area contributed by atoms with Gasteiger partial charge in [-0.25, -0.2) is 4.98 Å². The van der Waals surface area contributed by atoms with Crippen molar-refractivity contribution < 1.29 is 13.9 Å². The van der Waals surface area contributed by atoms with Gasteiger partial charge in [-0.05, 0) is 48.7 Å². The normalized spacial score (nSPS) is 13.8. The van der Waals surface area contributed by atoms with Crippen LogP contribution >= 0.6 is 0 Å². The van der Waals surface area contributed by atoms with Crippen molar-refractivity contribution in [1.82, 2.24) is 14.9 Å². The van der Waals surface area contributed by atoms with Crippen molar-refractivity contribution in [2.24, 2.45) is 0 Å². The Kier molecular flexibility index (Phi) is 9.62. The number of halogens is 1. The molecule has 0 saturated carbocycles. The smallest absolute Gasteiger partial charge is 0.260 e. The molecule has 0 spiro atoms. The number of alkyl halides is 1. The molecule has 2 bridgehead atoms. The summed E-state index contributed by atoms with van der Waals surface area (Å²) in [6.07, 6.45) is 4.43. The molecule has 3 N–H and O–H groups in total. The van der Waals surface area contributed by atoms with Crippen LogP contribution in [0.4, 0.5) is 10.2 Å². The maximum Gasteiger partial charge on any atom is 0.260 e. The van der Waals surface area contributed by atoms with Crippen molar-refractivity contribution in [2.45, 2.75) is 33.1 Å². The lowest BCUT2D eigenvalue weighted by Crippen LogP contribution is -2.31. The first-order valence-electron chi connectivity index (χ1n) is 12.0. The van der Waals surface area contributed by atoms with E-state index < -0.39 is 12.6 Å². The molecule has 8 nitrogen and oxygen atoms in total. The third-order valence-corrected chi connectivity index (χ3v) is 5.46. The molecule has 3 aromatic rings. The molecule has 9 heteroatoms. The van der Waals surface area contributed by atoms with Gasteiger partial charge in [0.2, 0.25) is 0 Å². The standard InChI is InChI=1S/C25H25FN6O2.C2H6/c26-11-10-19-8-6-18(15-29-19)17-7-9-22-20(14-17)25(33)31-23-5-3-4-21(30-23)24(28)32(16-27)12-1-2-13-34-22;1-2/h3-9,14-16,27-28H,1-2,10-13H2,(H,30,31,33);1-2H3. The lowest BCUT2D eigenvalue weighted by molar-refractivity contribution is 0.102. The number of nitrogens with one attached hydrogen (secondary N) is 3. The summed E-state index contributed by atoms with van der Waals surface area (Å²) in [5.41, 5.74) is 2.97. The number of amidine groups is 1. The summed E-state index contributed by atoms with van der Waals surface area (Å²) in [6.45, 7) is 4.42. The van der Waals surface area contributed by atoms with Crippen LogP contribution in [0.15, 0.2) is 54.7 Å². The number of anilines is 1. The topological polar surface area (TPSA) is 115 Å². The van der Waals surface area contributed by atoms with Gasteiger partial charge < -0.3 is 15.0 Å². The van der Waals surface area contributed by atoms with Gasteiger partial charge in [0.15, 0.2) is 5.84 Å². The van der Waals surface area contributed by atoms with Crippen molar-refractivity contribution in [3.05, 3.63) is 71.7 Å². The van der Waals surface area contributed by atoms with E-state index in [1.165, 1.54) is 4.90 Å². The van der Waals surface area contributed by atoms with Gasteiger partial charge in [-0.15, -0.1) is 0 Å². The van der Waals surface area contributed by atoms with Crippen LogP contribution in [0.2, 0.25) is 0 Å². The molecule has 1 aromatic carbocycles. The first-order chi connectivity index (χ1) is 17.6. The monoisotopic (exact) mass is 490 g/mol. The zero-order valence-electron chi connectivity index (χ0n) is 20.6. The predicted octanol–water partition coefficient (Wildman–Crippen LogP) is 5.34. The molecule has 188 valence electrons. The highest BCUT2D eigenvalue weighted by atomic mass is 19.1. The molecule has 0 aliphatic carbocycles. The second kappa shape index (κ2) is 13.1. The Balaban J connectivity index is 0.00000176. The highest BCUT2D eigenvalue weighted by Crippen LogP contribution is 2.28. The fraction of sp³-hybridized carbons (Fsp3) is 0.296. The molecule has 3 heterocycles. The lowest BCUT2D eigenvalue weighted by atomic mass is 10.0. The van der Waals surface area contributed by atoms with E-state index in [9.17, 15) is 9.18 Å². The van der Waals surface area contributed by atoms with E-state index in [-0.39, 0.29) is 12.3 Å². The Morgan fingerprint density at radius 1 is 1.14 bits per heavy atom. The number of ether oxygens (including phenoxy) is 1. The number of carbonyl (C=O) groups is 1. The number of pyridine rings is 2. The summed E-state index contributed by atoms with van der Waals surface area (Å²) in [7, 11) is 0. The van der Waals surface area contributed by atoms with Gasteiger partial charge in [-0.2, -0.15) is 0 Å². The Morgan fingerprint density at radius 3 is 2.67 bits per heavy atom. The van der Waals surface area contributed by atoms with E-state index in [2.05, 4.69) is 15.3 Å². The highest BCUT2D eigenvalue weighted by molar-refractivity contribution is 6.07. The molecule has 4 rings (SSSR count). The molecule has 0 unspecified atom stereocenters. The van der Waals surface area contributed by atoms with Crippen LogP contribution in [0.25, 0.3) is 11.1 Å². The Morgan fingerprint density at radius 2 is 1.94 bits per heavy atom. The minimum absolute atomic E-state index is 0.0930. The van der Waals surface area contributed by atoms with Crippen LogP contribution in [-0.4, -0.2) is 52.8 Å². The third kappa shape index (κ3) is 6.50. The van der Waals surface area contributed by atoms with Crippen LogP contribution < -0.4 is 10.1 Å². The van der Waals surface area contributed by atoms with Crippen LogP contribution in [0, 0.1) is 10.8 Å². The van der Waals surface area contributed by atoms with Crippen molar-refractivity contribution in [1.29, 1.82) is 10.8 Å². The summed E-state index contributed by atoms with van der Waals surface area (Å²) in [4.78, 5) is 23.4. The van der Waals surface area contributed by atoms with Gasteiger partial charge >= 0.3 is 0 Å². The summed E-state index contributed by atoms with van der Waals surface area (Å²) >= 11 is 0. The molecule has 1 aliphatic heterocycles. The zero-order valence-corrected chi connectivity index (χ0v) is 20.6. The fourth-order valence-electron chi connectivity index (χ4n) is 3.63. The van der Waals surface area contributed by atoms with Gasteiger partial charge in [0.25, 0.3) is 5.91 Å². The highest BCUT2D eigenvalue weighted by Gasteiger charge is 2.18. The summed E-state index contributed by atoms with van der Waals surface area (Å²) in [5, 5.41) is 18.8. The van der Waals surface area contributed by atoms with E-state index in [0.29, 0.717) is 54.5 Å². The maximum atomic E-state index is 13.2. The first-order valence-corrected chi connectivity index (χ1v) is 12.0. The van der Waals surface area contributed by atoms with E-state index in [4.69, 9.17) is 15.6 Å². The summed E-state index contributed by atoms with van der Waals surface area (Å²) in [5.74, 6) is 0.447. The average molecular weight is 491 g/mol. The number of hydrogen-bond donors (Lipinski definition) is 3. The summed E-state index contributed by atoms with van der Waals surface area (Å²) in [6, 6.07) is 14.0. The number of amides is 1. The number of hydrogen-bond acceptors (Lipinski definition) is 6. The van der Waals surface area contributed by atoms with Crippen LogP contribution in [0.5, 0.6) is 5.75 Å². The minimum atomic E-state index is -0.461. The Bertz CT molecular complexity index is 1200. The third-order valence-electron chi connectivity index (χ3n) is 5.46. The van der Waals surface area contributed by atoms with E-state index in [1.807, 2.05) is 26.0 Å². The minimum Gasteiger partial charge on any atom is -0.493 e. The SMILES string of the molecule is CC.N=CN1CCCCOc2ccc(-c3ccc(CCF)nc3)cc2C(=O)Nc2cccc(n2)C1=N. The quantitative estimate of drug-likeness (QED) is 0.337. The van der Waals surface area contributed by atoms with Gasteiger partial charge in [0, 0.05) is 30.4 Å². The van der Waals surface area contributed by atoms with Gasteiger partial charge in [0.05, 0.1) is 25.2 Å². The van der Waals surface area contributed by atoms with Crippen molar-refractivity contribution in [2.75, 3.05) is 25.1 Å². The second-order valence-electron chi connectivity index (χ2n) is 7.78. The fourth-order valence-corrected chi connectivity index (χ4v) is 3.63. The Labute approximate surface area is 210 Å². The number of fused-ring (bicyclic) bond motifs is 3. The molecule has 0 radical (unpaired) electrons. The van der Waals surface area contributed by atoms with Gasteiger partial charge in [-0.3, -0.25) is 25.0 Å². The zero-order chi connectivity index (χ0) is 25.9. The molecular weight excluding hydrogens is 459 g/mol. The number of nitrogens with zero attached hydrogens (tertiary/aromatic N) is 3. The van der Waals surface area contributed by atoms with E-state index >= 15 is 0 Å². The molecule has 36 heavy (non-hydrogen) atoms. The van der Waals surface area contributed by atoms with E-state index in [0.717, 1.165) is 17.5 Å². The van der Waals surface area contributed by atoms with Gasteiger partial charge in [-0.1, -0.05) is 32.0 Å². The van der Waals surface area contributed by atoms with Crippen molar-refractivity contribution >= 4 is 23.9 Å². The molecule has 0 atom stereocenters. The molecule has 2 aromatic heterocycles. The second-order valence-corrected chi connectivity index (χ2v) is 7.78. The molecule has 1 amide bonds. The number of benzene rings is 1.